The summed E-state index contributed by atoms with van der Waals surface area (Å²) in [4.78, 5) is 11.5. The van der Waals surface area contributed by atoms with Crippen LogP contribution in [0.15, 0.2) is 42.6 Å². The Hall–Kier alpha value is -2.81. The predicted molar refractivity (Wildman–Crippen MR) is 114 cm³/mol. The smallest absolute Gasteiger partial charge is 0.161 e. The van der Waals surface area contributed by atoms with Crippen molar-refractivity contribution in [2.75, 3.05) is 31.7 Å². The minimum absolute atomic E-state index is 0.128. The van der Waals surface area contributed by atoms with Gasteiger partial charge >= 0.3 is 0 Å². The van der Waals surface area contributed by atoms with Crippen LogP contribution in [0.5, 0.6) is 0 Å². The lowest BCUT2D eigenvalue weighted by Gasteiger charge is -2.32. The maximum Gasteiger partial charge on any atom is 0.161 e. The summed E-state index contributed by atoms with van der Waals surface area (Å²) in [5, 5.41) is 14.7. The summed E-state index contributed by atoms with van der Waals surface area (Å²) in [5.41, 5.74) is 3.11. The van der Waals surface area contributed by atoms with Gasteiger partial charge in [0.2, 0.25) is 0 Å². The maximum atomic E-state index is 9.94. The molecule has 0 spiro atoms. The van der Waals surface area contributed by atoms with Crippen molar-refractivity contribution in [1.29, 1.82) is 0 Å². The van der Waals surface area contributed by atoms with Crippen LogP contribution in [0.4, 0.5) is 5.82 Å². The molecular weight excluding hydrogens is 382 g/mol. The van der Waals surface area contributed by atoms with Crippen LogP contribution in [0.2, 0.25) is 0 Å². The van der Waals surface area contributed by atoms with E-state index >= 15 is 0 Å². The summed E-state index contributed by atoms with van der Waals surface area (Å²) < 4.78 is 12.4. The Bertz CT molecular complexity index is 1010. The first-order valence-corrected chi connectivity index (χ1v) is 10.1. The molecule has 1 N–H and O–H groups in total. The van der Waals surface area contributed by atoms with Crippen molar-refractivity contribution in [2.45, 2.75) is 32.7 Å². The second kappa shape index (κ2) is 8.91. The van der Waals surface area contributed by atoms with Crippen LogP contribution in [-0.2, 0) is 15.9 Å². The van der Waals surface area contributed by atoms with Crippen molar-refractivity contribution < 1.29 is 14.6 Å². The topological polar surface area (TPSA) is 85.5 Å². The molecule has 8 heteroatoms. The molecule has 3 heterocycles. The lowest BCUT2D eigenvalue weighted by atomic mass is 10.1. The van der Waals surface area contributed by atoms with Gasteiger partial charge in [0, 0.05) is 38.0 Å². The number of hydrogen-bond donors (Lipinski definition) is 1. The van der Waals surface area contributed by atoms with E-state index < -0.39 is 6.29 Å². The van der Waals surface area contributed by atoms with Crippen molar-refractivity contribution in [3.05, 3.63) is 54.0 Å². The molecule has 158 valence electrons. The van der Waals surface area contributed by atoms with Crippen LogP contribution < -0.4 is 4.90 Å². The molecule has 2 aromatic heterocycles. The van der Waals surface area contributed by atoms with E-state index in [-0.39, 0.29) is 12.5 Å². The van der Waals surface area contributed by atoms with Gasteiger partial charge in [0.05, 0.1) is 24.8 Å². The molecule has 0 bridgehead atoms. The van der Waals surface area contributed by atoms with Gasteiger partial charge in [-0.15, -0.1) is 0 Å². The van der Waals surface area contributed by atoms with Crippen LogP contribution in [0, 0.1) is 6.92 Å². The minimum Gasteiger partial charge on any atom is -0.375 e. The van der Waals surface area contributed by atoms with E-state index in [1.165, 1.54) is 12.7 Å². The minimum atomic E-state index is -0.961. The van der Waals surface area contributed by atoms with Crippen molar-refractivity contribution >= 4 is 5.82 Å². The average Bonchev–Trinajstić information content (AvgIpc) is 3.24. The van der Waals surface area contributed by atoms with Gasteiger partial charge in [-0.2, -0.15) is 5.10 Å². The van der Waals surface area contributed by atoms with E-state index in [2.05, 4.69) is 33.9 Å². The Labute approximate surface area is 176 Å². The standard InChI is InChI=1S/C22H27N5O3/c1-15-5-4-6-17(11-15)18-7-8-27(25-18)21-13-20(26-9-10-30-16(2)14-26)23-19(24-21)12-22(28)29-3/h4-8,11,13,16,22,28H,9-10,12,14H2,1-3H3/t16-,22?/m0/s1. The number of anilines is 1. The number of aliphatic hydroxyl groups excluding tert-OH is 1. The molecule has 4 rings (SSSR count). The van der Waals surface area contributed by atoms with E-state index in [0.29, 0.717) is 18.2 Å². The molecule has 0 saturated carbocycles. The fourth-order valence-electron chi connectivity index (χ4n) is 3.52. The molecule has 8 nitrogen and oxygen atoms in total. The molecule has 1 unspecified atom stereocenters. The fraction of sp³-hybridized carbons (Fsp3) is 0.409. The van der Waals surface area contributed by atoms with E-state index in [0.717, 1.165) is 30.2 Å². The van der Waals surface area contributed by atoms with Crippen LogP contribution in [0.1, 0.15) is 18.3 Å². The summed E-state index contributed by atoms with van der Waals surface area (Å²) in [6.07, 6.45) is 1.26. The van der Waals surface area contributed by atoms with Gasteiger partial charge in [0.15, 0.2) is 12.1 Å². The Kier molecular flexibility index (Phi) is 6.08. The Balaban J connectivity index is 1.69. The Morgan fingerprint density at radius 3 is 2.83 bits per heavy atom. The second-order valence-corrected chi connectivity index (χ2v) is 7.54. The van der Waals surface area contributed by atoms with E-state index in [1.807, 2.05) is 37.4 Å². The summed E-state index contributed by atoms with van der Waals surface area (Å²) >= 11 is 0. The lowest BCUT2D eigenvalue weighted by Crippen LogP contribution is -2.41. The number of benzene rings is 1. The van der Waals surface area contributed by atoms with Crippen molar-refractivity contribution in [2.24, 2.45) is 0 Å². The van der Waals surface area contributed by atoms with Gasteiger partial charge < -0.3 is 19.5 Å². The number of aromatic nitrogens is 4. The van der Waals surface area contributed by atoms with Crippen LogP contribution in [0.25, 0.3) is 17.1 Å². The van der Waals surface area contributed by atoms with Crippen LogP contribution in [-0.4, -0.2) is 64.1 Å². The monoisotopic (exact) mass is 409 g/mol. The predicted octanol–water partition coefficient (Wildman–Crippen LogP) is 2.37. The first-order valence-electron chi connectivity index (χ1n) is 10.1. The number of ether oxygens (including phenoxy) is 2. The zero-order valence-corrected chi connectivity index (χ0v) is 17.5. The van der Waals surface area contributed by atoms with Crippen LogP contribution >= 0.6 is 0 Å². The highest BCUT2D eigenvalue weighted by molar-refractivity contribution is 5.60. The van der Waals surface area contributed by atoms with Crippen molar-refractivity contribution in [1.82, 2.24) is 19.7 Å². The summed E-state index contributed by atoms with van der Waals surface area (Å²) in [6.45, 7) is 6.26. The second-order valence-electron chi connectivity index (χ2n) is 7.54. The number of aliphatic hydroxyl groups is 1. The molecule has 0 aliphatic carbocycles. The van der Waals surface area contributed by atoms with E-state index in [1.54, 1.807) is 4.68 Å². The van der Waals surface area contributed by atoms with Crippen molar-refractivity contribution in [3.63, 3.8) is 0 Å². The number of hydrogen-bond acceptors (Lipinski definition) is 7. The van der Waals surface area contributed by atoms with E-state index in [4.69, 9.17) is 14.6 Å². The first-order chi connectivity index (χ1) is 14.5. The molecule has 3 aromatic rings. The zero-order valence-electron chi connectivity index (χ0n) is 17.5. The van der Waals surface area contributed by atoms with Crippen LogP contribution in [0.3, 0.4) is 0 Å². The molecule has 1 aliphatic rings. The number of aryl methyl sites for hydroxylation is 1. The number of rotatable bonds is 6. The molecular formula is C22H27N5O3. The highest BCUT2D eigenvalue weighted by Crippen LogP contribution is 2.22. The average molecular weight is 409 g/mol. The van der Waals surface area contributed by atoms with Crippen molar-refractivity contribution in [3.8, 4) is 17.1 Å². The Morgan fingerprint density at radius 1 is 1.23 bits per heavy atom. The number of nitrogens with zero attached hydrogens (tertiary/aromatic N) is 5. The maximum absolute atomic E-state index is 9.94. The molecule has 2 atom stereocenters. The van der Waals surface area contributed by atoms with Gasteiger partial charge in [-0.25, -0.2) is 14.6 Å². The largest absolute Gasteiger partial charge is 0.375 e. The molecule has 30 heavy (non-hydrogen) atoms. The molecule has 1 aromatic carbocycles. The first kappa shape index (κ1) is 20.5. The normalized spacial score (nSPS) is 17.9. The Morgan fingerprint density at radius 2 is 2.07 bits per heavy atom. The number of methoxy groups -OCH3 is 1. The molecule has 0 radical (unpaired) electrons. The molecule has 1 aliphatic heterocycles. The third-order valence-electron chi connectivity index (χ3n) is 5.08. The van der Waals surface area contributed by atoms with Gasteiger partial charge in [0.25, 0.3) is 0 Å². The number of morpholine rings is 1. The van der Waals surface area contributed by atoms with Gasteiger partial charge in [-0.05, 0) is 26.0 Å². The SMILES string of the molecule is COC(O)Cc1nc(N2CCO[C@@H](C)C2)cc(-n2ccc(-c3cccc(C)c3)n2)n1. The quantitative estimate of drug-likeness (QED) is 0.626. The van der Waals surface area contributed by atoms with E-state index in [9.17, 15) is 5.11 Å². The summed E-state index contributed by atoms with van der Waals surface area (Å²) in [7, 11) is 1.46. The third kappa shape index (κ3) is 4.67. The summed E-state index contributed by atoms with van der Waals surface area (Å²) in [5.74, 6) is 1.95. The lowest BCUT2D eigenvalue weighted by molar-refractivity contribution is -0.0732. The van der Waals surface area contributed by atoms with Gasteiger partial charge in [-0.1, -0.05) is 23.8 Å². The third-order valence-corrected chi connectivity index (χ3v) is 5.08. The van der Waals surface area contributed by atoms with Gasteiger partial charge in [-0.3, -0.25) is 0 Å². The molecule has 0 amide bonds. The highest BCUT2D eigenvalue weighted by Gasteiger charge is 2.21. The zero-order chi connectivity index (χ0) is 21.1. The molecule has 1 saturated heterocycles. The fourth-order valence-corrected chi connectivity index (χ4v) is 3.52. The van der Waals surface area contributed by atoms with Gasteiger partial charge in [0.1, 0.15) is 11.6 Å². The highest BCUT2D eigenvalue weighted by atomic mass is 16.6. The summed E-state index contributed by atoms with van der Waals surface area (Å²) in [6, 6.07) is 12.1. The molecule has 1 fully saturated rings.